The number of nitrogens with zero attached hydrogens (tertiary/aromatic N) is 1. The van der Waals surface area contributed by atoms with Crippen LogP contribution in [-0.4, -0.2) is 37.5 Å². The summed E-state index contributed by atoms with van der Waals surface area (Å²) in [5.74, 6) is -0.426. The van der Waals surface area contributed by atoms with Crippen LogP contribution >= 0.6 is 0 Å². The van der Waals surface area contributed by atoms with Crippen LogP contribution in [0.5, 0.6) is 0 Å². The lowest BCUT2D eigenvalue weighted by molar-refractivity contribution is 0.0286. The van der Waals surface area contributed by atoms with E-state index in [1.54, 1.807) is 0 Å². The molecule has 2 N–H and O–H groups in total. The Labute approximate surface area is 71.7 Å². The van der Waals surface area contributed by atoms with Gasteiger partial charge < -0.3 is 10.6 Å². The molecule has 12 heavy (non-hydrogen) atoms. The minimum Gasteiger partial charge on any atom is -0.329 e. The van der Waals surface area contributed by atoms with Crippen molar-refractivity contribution in [3.8, 4) is 0 Å². The number of piperidine rings is 1. The molecule has 1 fully saturated rings. The van der Waals surface area contributed by atoms with Gasteiger partial charge in [-0.25, -0.2) is 8.78 Å². The molecule has 0 amide bonds. The summed E-state index contributed by atoms with van der Waals surface area (Å²) in [6, 6.07) is 0. The Balaban J connectivity index is 2.30. The Morgan fingerprint density at radius 2 is 2.25 bits per heavy atom. The second kappa shape index (κ2) is 4.72. The standard InChI is InChI=1S/C8H16F2N2/c9-8(10)7-2-1-4-12(6-7)5-3-11/h7-8H,1-6,11H2/t7-/m0/s1. The van der Waals surface area contributed by atoms with E-state index in [0.717, 1.165) is 19.5 Å². The van der Waals surface area contributed by atoms with Crippen LogP contribution in [0.4, 0.5) is 8.78 Å². The van der Waals surface area contributed by atoms with Crippen LogP contribution in [0.2, 0.25) is 0 Å². The molecule has 72 valence electrons. The molecule has 0 aromatic carbocycles. The molecule has 1 aliphatic heterocycles. The second-order valence-corrected chi connectivity index (χ2v) is 3.33. The maximum atomic E-state index is 12.3. The quantitative estimate of drug-likeness (QED) is 0.696. The average molecular weight is 178 g/mol. The van der Waals surface area contributed by atoms with Gasteiger partial charge in [0.1, 0.15) is 0 Å². The van der Waals surface area contributed by atoms with Gasteiger partial charge in [0.25, 0.3) is 0 Å². The molecule has 1 aliphatic rings. The van der Waals surface area contributed by atoms with Crippen LogP contribution in [0.25, 0.3) is 0 Å². The predicted molar refractivity (Wildman–Crippen MR) is 44.2 cm³/mol. The molecule has 1 saturated heterocycles. The van der Waals surface area contributed by atoms with Crippen LogP contribution < -0.4 is 5.73 Å². The zero-order valence-corrected chi connectivity index (χ0v) is 7.18. The summed E-state index contributed by atoms with van der Waals surface area (Å²) >= 11 is 0. The average Bonchev–Trinajstić information content (AvgIpc) is 2.05. The third kappa shape index (κ3) is 2.68. The molecular weight excluding hydrogens is 162 g/mol. The minimum atomic E-state index is -2.16. The molecule has 0 radical (unpaired) electrons. The van der Waals surface area contributed by atoms with Gasteiger partial charge in [0, 0.05) is 25.6 Å². The van der Waals surface area contributed by atoms with E-state index in [2.05, 4.69) is 0 Å². The summed E-state index contributed by atoms with van der Waals surface area (Å²) < 4.78 is 24.6. The fourth-order valence-electron chi connectivity index (χ4n) is 1.68. The first kappa shape index (κ1) is 9.86. The summed E-state index contributed by atoms with van der Waals surface area (Å²) in [7, 11) is 0. The smallest absolute Gasteiger partial charge is 0.242 e. The number of hydrogen-bond acceptors (Lipinski definition) is 2. The maximum absolute atomic E-state index is 12.3. The van der Waals surface area contributed by atoms with Crippen molar-refractivity contribution in [2.24, 2.45) is 11.7 Å². The zero-order chi connectivity index (χ0) is 8.97. The number of halogens is 2. The summed E-state index contributed by atoms with van der Waals surface area (Å²) in [6.45, 7) is 2.77. The summed E-state index contributed by atoms with van der Waals surface area (Å²) in [6.07, 6.45) is -0.612. The Bertz CT molecular complexity index is 128. The highest BCUT2D eigenvalue weighted by Gasteiger charge is 2.26. The van der Waals surface area contributed by atoms with E-state index >= 15 is 0 Å². The lowest BCUT2D eigenvalue weighted by Gasteiger charge is -2.31. The van der Waals surface area contributed by atoms with E-state index in [4.69, 9.17) is 5.73 Å². The highest BCUT2D eigenvalue weighted by molar-refractivity contribution is 4.74. The third-order valence-corrected chi connectivity index (χ3v) is 2.34. The number of alkyl halides is 2. The van der Waals surface area contributed by atoms with Gasteiger partial charge in [-0.1, -0.05) is 0 Å². The minimum absolute atomic E-state index is 0.426. The first-order chi connectivity index (χ1) is 5.74. The molecule has 0 aromatic rings. The van der Waals surface area contributed by atoms with Crippen LogP contribution in [0, 0.1) is 5.92 Å². The molecule has 1 atom stereocenters. The molecule has 1 rings (SSSR count). The molecule has 0 spiro atoms. The number of nitrogens with two attached hydrogens (primary N) is 1. The van der Waals surface area contributed by atoms with Gasteiger partial charge in [0.05, 0.1) is 0 Å². The van der Waals surface area contributed by atoms with Gasteiger partial charge in [0.15, 0.2) is 0 Å². The fraction of sp³-hybridized carbons (Fsp3) is 1.00. The molecule has 0 bridgehead atoms. The molecule has 0 aliphatic carbocycles. The van der Waals surface area contributed by atoms with E-state index in [1.165, 1.54) is 0 Å². The van der Waals surface area contributed by atoms with Crippen molar-refractivity contribution in [3.05, 3.63) is 0 Å². The maximum Gasteiger partial charge on any atom is 0.242 e. The molecule has 0 saturated carbocycles. The highest BCUT2D eigenvalue weighted by Crippen LogP contribution is 2.21. The van der Waals surface area contributed by atoms with Crippen molar-refractivity contribution in [1.29, 1.82) is 0 Å². The third-order valence-electron chi connectivity index (χ3n) is 2.34. The molecule has 0 aromatic heterocycles. The van der Waals surface area contributed by atoms with Gasteiger partial charge >= 0.3 is 0 Å². The Hall–Kier alpha value is -0.220. The lowest BCUT2D eigenvalue weighted by atomic mass is 9.99. The van der Waals surface area contributed by atoms with E-state index < -0.39 is 12.3 Å². The zero-order valence-electron chi connectivity index (χ0n) is 7.18. The number of likely N-dealkylation sites (tertiary alicyclic amines) is 1. The molecule has 4 heteroatoms. The van der Waals surface area contributed by atoms with E-state index in [-0.39, 0.29) is 0 Å². The number of rotatable bonds is 3. The van der Waals surface area contributed by atoms with Crippen LogP contribution in [-0.2, 0) is 0 Å². The molecule has 2 nitrogen and oxygen atoms in total. The van der Waals surface area contributed by atoms with Crippen molar-refractivity contribution in [2.75, 3.05) is 26.2 Å². The van der Waals surface area contributed by atoms with Crippen LogP contribution in [0.1, 0.15) is 12.8 Å². The second-order valence-electron chi connectivity index (χ2n) is 3.33. The first-order valence-electron chi connectivity index (χ1n) is 4.44. The van der Waals surface area contributed by atoms with Gasteiger partial charge in [-0.05, 0) is 19.4 Å². The largest absolute Gasteiger partial charge is 0.329 e. The molecular formula is C8H16F2N2. The highest BCUT2D eigenvalue weighted by atomic mass is 19.3. The van der Waals surface area contributed by atoms with E-state index in [9.17, 15) is 8.78 Å². The monoisotopic (exact) mass is 178 g/mol. The van der Waals surface area contributed by atoms with Crippen molar-refractivity contribution in [2.45, 2.75) is 19.3 Å². The fourth-order valence-corrected chi connectivity index (χ4v) is 1.68. The van der Waals surface area contributed by atoms with Gasteiger partial charge in [-0.3, -0.25) is 0 Å². The van der Waals surface area contributed by atoms with Crippen molar-refractivity contribution < 1.29 is 8.78 Å². The van der Waals surface area contributed by atoms with Gasteiger partial charge in [-0.15, -0.1) is 0 Å². The normalized spacial score (nSPS) is 26.5. The van der Waals surface area contributed by atoms with Gasteiger partial charge in [-0.2, -0.15) is 0 Å². The summed E-state index contributed by atoms with van der Waals surface area (Å²) in [5, 5.41) is 0. The lowest BCUT2D eigenvalue weighted by Crippen LogP contribution is -2.40. The van der Waals surface area contributed by atoms with Crippen LogP contribution in [0.3, 0.4) is 0 Å². The number of hydrogen-bond donors (Lipinski definition) is 1. The van der Waals surface area contributed by atoms with Crippen molar-refractivity contribution in [1.82, 2.24) is 4.90 Å². The van der Waals surface area contributed by atoms with E-state index in [0.29, 0.717) is 19.5 Å². The Morgan fingerprint density at radius 1 is 1.50 bits per heavy atom. The Kier molecular flexibility index (Phi) is 3.88. The van der Waals surface area contributed by atoms with Crippen LogP contribution in [0.15, 0.2) is 0 Å². The molecule has 0 unspecified atom stereocenters. The Morgan fingerprint density at radius 3 is 2.83 bits per heavy atom. The van der Waals surface area contributed by atoms with Crippen molar-refractivity contribution in [3.63, 3.8) is 0 Å². The predicted octanol–water partition coefficient (Wildman–Crippen LogP) is 0.922. The van der Waals surface area contributed by atoms with Gasteiger partial charge in [0.2, 0.25) is 6.43 Å². The summed E-state index contributed by atoms with van der Waals surface area (Å²) in [4.78, 5) is 2.03. The topological polar surface area (TPSA) is 29.3 Å². The SMILES string of the molecule is NCCN1CCC[C@H](C(F)F)C1. The summed E-state index contributed by atoms with van der Waals surface area (Å²) in [5.41, 5.74) is 5.35. The molecule has 1 heterocycles. The first-order valence-corrected chi connectivity index (χ1v) is 4.44. The van der Waals surface area contributed by atoms with E-state index in [1.807, 2.05) is 4.90 Å². The van der Waals surface area contributed by atoms with Crippen molar-refractivity contribution >= 4 is 0 Å².